The molecular formula is C12H12BrNO4S. The second-order valence-electron chi connectivity index (χ2n) is 4.18. The summed E-state index contributed by atoms with van der Waals surface area (Å²) in [6.07, 6.45) is 1.12. The molecule has 1 heterocycles. The summed E-state index contributed by atoms with van der Waals surface area (Å²) in [6.45, 7) is 0.0679. The lowest BCUT2D eigenvalue weighted by molar-refractivity contribution is 0.0930. The Morgan fingerprint density at radius 3 is 2.79 bits per heavy atom. The van der Waals surface area contributed by atoms with Crippen molar-refractivity contribution in [2.24, 2.45) is 0 Å². The lowest BCUT2D eigenvalue weighted by Gasteiger charge is -2.01. The first-order valence-corrected chi connectivity index (χ1v) is 8.35. The normalized spacial score (nSPS) is 11.7. The molecule has 19 heavy (non-hydrogen) atoms. The van der Waals surface area contributed by atoms with Gasteiger partial charge in [-0.15, -0.1) is 0 Å². The Morgan fingerprint density at radius 2 is 2.11 bits per heavy atom. The maximum absolute atomic E-state index is 11.8. The molecule has 0 bridgehead atoms. The zero-order chi connectivity index (χ0) is 14.0. The summed E-state index contributed by atoms with van der Waals surface area (Å²) in [6, 6.07) is 7.03. The number of hydrogen-bond acceptors (Lipinski definition) is 4. The largest absolute Gasteiger partial charge is 0.451 e. The van der Waals surface area contributed by atoms with Crippen molar-refractivity contribution in [3.05, 3.63) is 34.5 Å². The van der Waals surface area contributed by atoms with E-state index in [2.05, 4.69) is 21.2 Å². The van der Waals surface area contributed by atoms with Crippen molar-refractivity contribution in [3.8, 4) is 0 Å². The van der Waals surface area contributed by atoms with E-state index in [1.165, 1.54) is 0 Å². The van der Waals surface area contributed by atoms with Crippen molar-refractivity contribution in [3.63, 3.8) is 0 Å². The molecular weight excluding hydrogens is 334 g/mol. The molecule has 2 rings (SSSR count). The third-order valence-corrected chi connectivity index (χ3v) is 3.90. The van der Waals surface area contributed by atoms with Crippen LogP contribution >= 0.6 is 15.9 Å². The van der Waals surface area contributed by atoms with Crippen LogP contribution in [0.25, 0.3) is 11.0 Å². The molecule has 0 spiro atoms. The summed E-state index contributed by atoms with van der Waals surface area (Å²) < 4.78 is 28.2. The molecule has 7 heteroatoms. The molecule has 0 aliphatic heterocycles. The Morgan fingerprint density at radius 1 is 1.37 bits per heavy atom. The number of hydrogen-bond donors (Lipinski definition) is 1. The van der Waals surface area contributed by atoms with E-state index in [-0.39, 0.29) is 18.1 Å². The maximum atomic E-state index is 11.8. The van der Waals surface area contributed by atoms with E-state index < -0.39 is 15.7 Å². The first-order valence-electron chi connectivity index (χ1n) is 5.50. The number of fused-ring (bicyclic) bond motifs is 1. The van der Waals surface area contributed by atoms with Crippen LogP contribution in [0, 0.1) is 0 Å². The van der Waals surface area contributed by atoms with Gasteiger partial charge in [0.05, 0.1) is 5.75 Å². The first kappa shape index (κ1) is 14.1. The molecule has 0 unspecified atom stereocenters. The molecule has 0 aliphatic carbocycles. The third kappa shape index (κ3) is 3.81. The number of halogens is 1. The Balaban J connectivity index is 2.09. The topological polar surface area (TPSA) is 76.4 Å². The van der Waals surface area contributed by atoms with Crippen molar-refractivity contribution in [2.75, 3.05) is 18.6 Å². The molecule has 0 saturated carbocycles. The highest BCUT2D eigenvalue weighted by Crippen LogP contribution is 2.23. The second-order valence-corrected chi connectivity index (χ2v) is 7.35. The van der Waals surface area contributed by atoms with Crippen LogP contribution in [-0.2, 0) is 9.84 Å². The quantitative estimate of drug-likeness (QED) is 0.918. The number of carbonyl (C=O) groups excluding carboxylic acids is 1. The zero-order valence-corrected chi connectivity index (χ0v) is 12.5. The fourth-order valence-electron chi connectivity index (χ4n) is 1.56. The fraction of sp³-hybridized carbons (Fsp3) is 0.250. The van der Waals surface area contributed by atoms with Gasteiger partial charge in [-0.1, -0.05) is 15.9 Å². The van der Waals surface area contributed by atoms with Crippen molar-refractivity contribution in [1.82, 2.24) is 5.32 Å². The summed E-state index contributed by atoms with van der Waals surface area (Å²) in [4.78, 5) is 11.8. The minimum Gasteiger partial charge on any atom is -0.451 e. The van der Waals surface area contributed by atoms with E-state index in [1.54, 1.807) is 12.1 Å². The Labute approximate surface area is 119 Å². The SMILES string of the molecule is CS(=O)(=O)CCNC(=O)c1cc2cc(Br)ccc2o1. The van der Waals surface area contributed by atoms with Gasteiger partial charge in [0.15, 0.2) is 5.76 Å². The maximum Gasteiger partial charge on any atom is 0.287 e. The Hall–Kier alpha value is -1.34. The highest BCUT2D eigenvalue weighted by atomic mass is 79.9. The summed E-state index contributed by atoms with van der Waals surface area (Å²) >= 11 is 3.33. The lowest BCUT2D eigenvalue weighted by Crippen LogP contribution is -2.28. The highest BCUT2D eigenvalue weighted by Gasteiger charge is 2.12. The number of sulfone groups is 1. The van der Waals surface area contributed by atoms with Gasteiger partial charge in [0.1, 0.15) is 15.4 Å². The van der Waals surface area contributed by atoms with Crippen LogP contribution in [0.2, 0.25) is 0 Å². The van der Waals surface area contributed by atoms with Crippen molar-refractivity contribution in [2.45, 2.75) is 0 Å². The van der Waals surface area contributed by atoms with Crippen LogP contribution in [-0.4, -0.2) is 32.9 Å². The van der Waals surface area contributed by atoms with Gasteiger partial charge < -0.3 is 9.73 Å². The van der Waals surface area contributed by atoms with Gasteiger partial charge >= 0.3 is 0 Å². The van der Waals surface area contributed by atoms with Crippen LogP contribution < -0.4 is 5.32 Å². The first-order chi connectivity index (χ1) is 8.85. The van der Waals surface area contributed by atoms with Crippen molar-refractivity contribution >= 4 is 42.6 Å². The number of amides is 1. The van der Waals surface area contributed by atoms with Gasteiger partial charge in [0, 0.05) is 22.7 Å². The van der Waals surface area contributed by atoms with Crippen molar-refractivity contribution < 1.29 is 17.6 Å². The van der Waals surface area contributed by atoms with Crippen molar-refractivity contribution in [1.29, 1.82) is 0 Å². The van der Waals surface area contributed by atoms with E-state index in [1.807, 2.05) is 12.1 Å². The number of nitrogens with one attached hydrogen (secondary N) is 1. The molecule has 0 fully saturated rings. The average Bonchev–Trinajstić information content (AvgIpc) is 2.70. The standard InChI is InChI=1S/C12H12BrNO4S/c1-19(16,17)5-4-14-12(15)11-7-8-6-9(13)2-3-10(8)18-11/h2-3,6-7H,4-5H2,1H3,(H,14,15). The van der Waals surface area contributed by atoms with Gasteiger partial charge in [-0.3, -0.25) is 4.79 Å². The molecule has 5 nitrogen and oxygen atoms in total. The van der Waals surface area contributed by atoms with Gasteiger partial charge in [-0.25, -0.2) is 8.42 Å². The van der Waals surface area contributed by atoms with Gasteiger partial charge in [0.2, 0.25) is 0 Å². The lowest BCUT2D eigenvalue weighted by atomic mass is 10.2. The molecule has 0 aliphatic rings. The van der Waals surface area contributed by atoms with E-state index >= 15 is 0 Å². The van der Waals surface area contributed by atoms with Crippen LogP contribution in [0.4, 0.5) is 0 Å². The van der Waals surface area contributed by atoms with Gasteiger partial charge in [-0.2, -0.15) is 0 Å². The molecule has 0 atom stereocenters. The Kier molecular flexibility index (Phi) is 3.96. The molecule has 1 aromatic carbocycles. The van der Waals surface area contributed by atoms with Crippen LogP contribution in [0.3, 0.4) is 0 Å². The van der Waals surface area contributed by atoms with Gasteiger partial charge in [0.25, 0.3) is 5.91 Å². The van der Waals surface area contributed by atoms with Gasteiger partial charge in [-0.05, 0) is 24.3 Å². The number of rotatable bonds is 4. The molecule has 2 aromatic rings. The predicted octanol–water partition coefficient (Wildman–Crippen LogP) is 1.97. The molecule has 1 aromatic heterocycles. The number of benzene rings is 1. The van der Waals surface area contributed by atoms with Crippen LogP contribution in [0.1, 0.15) is 10.6 Å². The molecule has 1 amide bonds. The fourth-order valence-corrected chi connectivity index (χ4v) is 2.41. The summed E-state index contributed by atoms with van der Waals surface area (Å²) in [5, 5.41) is 3.32. The minimum atomic E-state index is -3.08. The van der Waals surface area contributed by atoms with E-state index in [0.29, 0.717) is 5.58 Å². The predicted molar refractivity (Wildman–Crippen MR) is 76.0 cm³/mol. The highest BCUT2D eigenvalue weighted by molar-refractivity contribution is 9.10. The number of furan rings is 1. The summed E-state index contributed by atoms with van der Waals surface area (Å²) in [5.74, 6) is -0.345. The monoisotopic (exact) mass is 345 g/mol. The summed E-state index contributed by atoms with van der Waals surface area (Å²) in [7, 11) is -3.08. The average molecular weight is 346 g/mol. The molecule has 0 radical (unpaired) electrons. The van der Waals surface area contributed by atoms with E-state index in [4.69, 9.17) is 4.42 Å². The Bertz CT molecular complexity index is 720. The summed E-state index contributed by atoms with van der Waals surface area (Å²) in [5.41, 5.74) is 0.608. The van der Waals surface area contributed by atoms with Crippen LogP contribution in [0.15, 0.2) is 33.2 Å². The van der Waals surface area contributed by atoms with Crippen LogP contribution in [0.5, 0.6) is 0 Å². The van der Waals surface area contributed by atoms with E-state index in [0.717, 1.165) is 16.1 Å². The smallest absolute Gasteiger partial charge is 0.287 e. The zero-order valence-electron chi connectivity index (χ0n) is 10.1. The molecule has 0 saturated heterocycles. The second kappa shape index (κ2) is 5.34. The number of carbonyl (C=O) groups is 1. The van der Waals surface area contributed by atoms with E-state index in [9.17, 15) is 13.2 Å². The molecule has 1 N–H and O–H groups in total. The third-order valence-electron chi connectivity index (χ3n) is 2.46. The molecule has 102 valence electrons. The minimum absolute atomic E-state index is 0.0679.